The second kappa shape index (κ2) is 10.9. The molecular formula is C22H34F2IN5. The van der Waals surface area contributed by atoms with Crippen LogP contribution in [0.15, 0.2) is 23.2 Å². The zero-order valence-electron chi connectivity index (χ0n) is 17.7. The van der Waals surface area contributed by atoms with Crippen molar-refractivity contribution in [2.24, 2.45) is 10.9 Å². The van der Waals surface area contributed by atoms with Crippen LogP contribution in [0.4, 0.5) is 14.5 Å². The van der Waals surface area contributed by atoms with Gasteiger partial charge in [0.05, 0.1) is 0 Å². The Morgan fingerprint density at radius 2 is 1.87 bits per heavy atom. The first kappa shape index (κ1) is 23.5. The number of guanidine groups is 1. The van der Waals surface area contributed by atoms with Crippen LogP contribution < -0.4 is 15.5 Å². The predicted molar refractivity (Wildman–Crippen MR) is 129 cm³/mol. The fraction of sp³-hybridized carbons (Fsp3) is 0.682. The summed E-state index contributed by atoms with van der Waals surface area (Å²) in [7, 11) is 1.82. The van der Waals surface area contributed by atoms with Crippen molar-refractivity contribution in [3.8, 4) is 0 Å². The van der Waals surface area contributed by atoms with Gasteiger partial charge in [-0.3, -0.25) is 9.89 Å². The number of likely N-dealkylation sites (tertiary alicyclic amines) is 1. The first-order valence-electron chi connectivity index (χ1n) is 11.0. The van der Waals surface area contributed by atoms with Crippen LogP contribution >= 0.6 is 24.0 Å². The van der Waals surface area contributed by atoms with E-state index in [0.29, 0.717) is 12.0 Å². The van der Waals surface area contributed by atoms with Crippen LogP contribution in [-0.4, -0.2) is 62.7 Å². The molecule has 8 heteroatoms. The van der Waals surface area contributed by atoms with Crippen LogP contribution in [0.1, 0.15) is 38.5 Å². The molecule has 0 spiro atoms. The van der Waals surface area contributed by atoms with Crippen molar-refractivity contribution < 1.29 is 8.78 Å². The fourth-order valence-electron chi connectivity index (χ4n) is 5.05. The van der Waals surface area contributed by atoms with Crippen LogP contribution in [0.3, 0.4) is 0 Å². The highest BCUT2D eigenvalue weighted by atomic mass is 127. The van der Waals surface area contributed by atoms with E-state index >= 15 is 0 Å². The molecule has 30 heavy (non-hydrogen) atoms. The van der Waals surface area contributed by atoms with Crippen molar-refractivity contribution in [1.82, 2.24) is 15.5 Å². The average molecular weight is 533 g/mol. The molecule has 0 amide bonds. The normalized spacial score (nSPS) is 25.6. The summed E-state index contributed by atoms with van der Waals surface area (Å²) in [6.45, 7) is 4.83. The minimum absolute atomic E-state index is 0. The molecule has 5 nitrogen and oxygen atoms in total. The number of anilines is 1. The summed E-state index contributed by atoms with van der Waals surface area (Å²) in [5.41, 5.74) is 0.756. The lowest BCUT2D eigenvalue weighted by Crippen LogP contribution is -2.46. The van der Waals surface area contributed by atoms with Gasteiger partial charge in [-0.05, 0) is 43.7 Å². The van der Waals surface area contributed by atoms with E-state index < -0.39 is 11.6 Å². The largest absolute Gasteiger partial charge is 0.371 e. The molecule has 3 fully saturated rings. The molecule has 0 radical (unpaired) electrons. The van der Waals surface area contributed by atoms with Gasteiger partial charge in [-0.2, -0.15) is 0 Å². The van der Waals surface area contributed by atoms with Crippen molar-refractivity contribution in [2.45, 2.75) is 50.6 Å². The number of nitrogens with zero attached hydrogens (tertiary/aromatic N) is 3. The summed E-state index contributed by atoms with van der Waals surface area (Å²) < 4.78 is 26.7. The van der Waals surface area contributed by atoms with Gasteiger partial charge in [0.2, 0.25) is 0 Å². The Kier molecular flexibility index (Phi) is 8.56. The molecule has 1 aliphatic carbocycles. The van der Waals surface area contributed by atoms with Crippen LogP contribution in [-0.2, 0) is 0 Å². The second-order valence-electron chi connectivity index (χ2n) is 8.72. The Bertz CT molecular complexity index is 725. The molecule has 2 heterocycles. The quantitative estimate of drug-likeness (QED) is 0.345. The second-order valence-corrected chi connectivity index (χ2v) is 8.72. The van der Waals surface area contributed by atoms with Crippen LogP contribution in [0, 0.1) is 17.6 Å². The highest BCUT2D eigenvalue weighted by Crippen LogP contribution is 2.27. The fourth-order valence-corrected chi connectivity index (χ4v) is 5.05. The molecule has 1 saturated carbocycles. The number of aliphatic imine (C=N–C) groups is 1. The minimum Gasteiger partial charge on any atom is -0.371 e. The smallest absolute Gasteiger partial charge is 0.191 e. The standard InChI is InChI=1S/C22H33F2N5.HI/c1-25-22(27-17-9-11-29(15-17)18-4-2-3-5-18)26-13-16-8-10-28(14-16)19-6-7-20(23)21(24)12-19;/h6-7,12,16-18H,2-5,8-11,13-15H2,1H3,(H2,25,26,27);1H. The number of halogens is 3. The van der Waals surface area contributed by atoms with Crippen molar-refractivity contribution >= 4 is 35.6 Å². The highest BCUT2D eigenvalue weighted by Gasteiger charge is 2.30. The van der Waals surface area contributed by atoms with Gasteiger partial charge in [0, 0.05) is 63.6 Å². The third kappa shape index (κ3) is 5.75. The molecule has 3 aliphatic rings. The van der Waals surface area contributed by atoms with Crippen molar-refractivity contribution in [3.63, 3.8) is 0 Å². The number of hydrogen-bond donors (Lipinski definition) is 2. The van der Waals surface area contributed by atoms with Gasteiger partial charge < -0.3 is 15.5 Å². The zero-order chi connectivity index (χ0) is 20.2. The van der Waals surface area contributed by atoms with Gasteiger partial charge in [-0.15, -0.1) is 24.0 Å². The summed E-state index contributed by atoms with van der Waals surface area (Å²) in [6.07, 6.45) is 7.68. The van der Waals surface area contributed by atoms with E-state index in [2.05, 4.69) is 25.4 Å². The van der Waals surface area contributed by atoms with Crippen molar-refractivity contribution in [2.75, 3.05) is 44.7 Å². The number of nitrogens with one attached hydrogen (secondary N) is 2. The molecule has 0 bridgehead atoms. The van der Waals surface area contributed by atoms with Gasteiger partial charge in [-0.1, -0.05) is 12.8 Å². The Morgan fingerprint density at radius 1 is 1.07 bits per heavy atom. The van der Waals surface area contributed by atoms with E-state index in [1.54, 1.807) is 6.07 Å². The van der Waals surface area contributed by atoms with E-state index in [9.17, 15) is 8.78 Å². The molecule has 2 N–H and O–H groups in total. The summed E-state index contributed by atoms with van der Waals surface area (Å²) in [5, 5.41) is 7.07. The van der Waals surface area contributed by atoms with Gasteiger partial charge in [0.15, 0.2) is 17.6 Å². The van der Waals surface area contributed by atoms with Crippen LogP contribution in [0.5, 0.6) is 0 Å². The first-order chi connectivity index (χ1) is 14.1. The van der Waals surface area contributed by atoms with E-state index in [1.807, 2.05) is 7.05 Å². The van der Waals surface area contributed by atoms with E-state index in [4.69, 9.17) is 0 Å². The molecular weight excluding hydrogens is 499 g/mol. The molecule has 4 rings (SSSR count). The molecule has 2 atom stereocenters. The third-order valence-corrected chi connectivity index (χ3v) is 6.74. The SMILES string of the molecule is CN=C(NCC1CCN(c2ccc(F)c(F)c2)C1)NC1CCN(C2CCCC2)C1.I. The summed E-state index contributed by atoms with van der Waals surface area (Å²) >= 11 is 0. The number of benzene rings is 1. The maximum Gasteiger partial charge on any atom is 0.191 e. The molecule has 2 aliphatic heterocycles. The predicted octanol–water partition coefficient (Wildman–Crippen LogP) is 3.59. The third-order valence-electron chi connectivity index (χ3n) is 6.74. The monoisotopic (exact) mass is 533 g/mol. The minimum atomic E-state index is -0.792. The van der Waals surface area contributed by atoms with Gasteiger partial charge >= 0.3 is 0 Å². The Morgan fingerprint density at radius 3 is 2.60 bits per heavy atom. The molecule has 2 unspecified atom stereocenters. The molecule has 1 aromatic carbocycles. The molecule has 0 aromatic heterocycles. The van der Waals surface area contributed by atoms with E-state index in [-0.39, 0.29) is 24.0 Å². The van der Waals surface area contributed by atoms with Crippen LogP contribution in [0.2, 0.25) is 0 Å². The zero-order valence-corrected chi connectivity index (χ0v) is 20.1. The Hall–Kier alpha value is -1.16. The average Bonchev–Trinajstić information content (AvgIpc) is 3.48. The number of hydrogen-bond acceptors (Lipinski definition) is 3. The summed E-state index contributed by atoms with van der Waals surface area (Å²) in [5.74, 6) is -0.244. The number of rotatable bonds is 5. The topological polar surface area (TPSA) is 42.9 Å². The first-order valence-corrected chi connectivity index (χ1v) is 11.0. The van der Waals surface area contributed by atoms with Crippen molar-refractivity contribution in [3.05, 3.63) is 29.8 Å². The van der Waals surface area contributed by atoms with E-state index in [1.165, 1.54) is 50.8 Å². The summed E-state index contributed by atoms with van der Waals surface area (Å²) in [4.78, 5) is 9.18. The molecule has 168 valence electrons. The lowest BCUT2D eigenvalue weighted by Gasteiger charge is -2.24. The van der Waals surface area contributed by atoms with E-state index in [0.717, 1.165) is 50.3 Å². The lowest BCUT2D eigenvalue weighted by molar-refractivity contribution is 0.242. The van der Waals surface area contributed by atoms with Gasteiger partial charge in [-0.25, -0.2) is 8.78 Å². The lowest BCUT2D eigenvalue weighted by atomic mass is 10.1. The van der Waals surface area contributed by atoms with Gasteiger partial charge in [0.25, 0.3) is 0 Å². The Balaban J connectivity index is 0.00000256. The molecule has 2 saturated heterocycles. The van der Waals surface area contributed by atoms with Gasteiger partial charge in [0.1, 0.15) is 0 Å². The maximum absolute atomic E-state index is 13.5. The maximum atomic E-state index is 13.5. The Labute approximate surface area is 195 Å². The van der Waals surface area contributed by atoms with Crippen molar-refractivity contribution in [1.29, 1.82) is 0 Å². The highest BCUT2D eigenvalue weighted by molar-refractivity contribution is 14.0. The van der Waals surface area contributed by atoms with Crippen LogP contribution in [0.25, 0.3) is 0 Å². The molecule has 1 aromatic rings. The summed E-state index contributed by atoms with van der Waals surface area (Å²) in [6, 6.07) is 5.41.